The Kier molecular flexibility index (Phi) is 11.8. The number of sulfone groups is 1. The molecular formula is C20H36N4O3S. The quantitative estimate of drug-likeness (QED) is 0.290. The van der Waals surface area contributed by atoms with Crippen molar-refractivity contribution in [3.05, 3.63) is 35.9 Å². The number of nitrogens with zero attached hydrogens (tertiary/aromatic N) is 2. The second-order valence-electron chi connectivity index (χ2n) is 6.97. The van der Waals surface area contributed by atoms with E-state index < -0.39 is 9.84 Å². The number of hydrogen-bond acceptors (Lipinski definition) is 5. The van der Waals surface area contributed by atoms with E-state index in [1.165, 1.54) is 11.8 Å². The first-order valence-electron chi connectivity index (χ1n) is 9.83. The number of nitrogens with one attached hydrogen (secondary N) is 2. The second kappa shape index (κ2) is 13.5. The number of benzene rings is 1. The van der Waals surface area contributed by atoms with Crippen LogP contribution in [-0.2, 0) is 21.1 Å². The number of guanidine groups is 1. The molecule has 28 heavy (non-hydrogen) atoms. The van der Waals surface area contributed by atoms with Gasteiger partial charge in [0.15, 0.2) is 5.96 Å². The molecule has 0 fully saturated rings. The maximum atomic E-state index is 11.1. The molecule has 0 aliphatic rings. The smallest absolute Gasteiger partial charge is 0.191 e. The Morgan fingerprint density at radius 1 is 1.21 bits per heavy atom. The lowest BCUT2D eigenvalue weighted by molar-refractivity contribution is 0.154. The molecule has 0 bridgehead atoms. The summed E-state index contributed by atoms with van der Waals surface area (Å²) >= 11 is 0. The monoisotopic (exact) mass is 412 g/mol. The highest BCUT2D eigenvalue weighted by molar-refractivity contribution is 7.90. The Bertz CT molecular complexity index is 665. The number of hydrogen-bond donors (Lipinski definition) is 2. The molecule has 0 amide bonds. The van der Waals surface area contributed by atoms with Gasteiger partial charge in [-0.05, 0) is 32.9 Å². The zero-order valence-corrected chi connectivity index (χ0v) is 18.5. The first-order chi connectivity index (χ1) is 13.3. The Morgan fingerprint density at radius 3 is 2.57 bits per heavy atom. The Balaban J connectivity index is 2.30. The van der Waals surface area contributed by atoms with Crippen molar-refractivity contribution >= 4 is 15.8 Å². The van der Waals surface area contributed by atoms with Crippen LogP contribution in [0.4, 0.5) is 0 Å². The number of aliphatic imine (C=N–C) groups is 1. The van der Waals surface area contributed by atoms with E-state index in [9.17, 15) is 8.42 Å². The van der Waals surface area contributed by atoms with Gasteiger partial charge in [0.25, 0.3) is 0 Å². The van der Waals surface area contributed by atoms with Gasteiger partial charge in [-0.1, -0.05) is 30.3 Å². The summed E-state index contributed by atoms with van der Waals surface area (Å²) in [4.78, 5) is 6.95. The molecule has 1 atom stereocenters. The van der Waals surface area contributed by atoms with Crippen molar-refractivity contribution < 1.29 is 13.2 Å². The Hall–Kier alpha value is -1.64. The second-order valence-corrected chi connectivity index (χ2v) is 9.23. The molecule has 2 N–H and O–H groups in total. The summed E-state index contributed by atoms with van der Waals surface area (Å²) in [7, 11) is -0.831. The number of ether oxygens (including phenoxy) is 1. The minimum atomic E-state index is -2.97. The SMILES string of the molecule is CCNC(=NCCC(C)N(C)Cc1ccccc1)NCCOCCS(C)(=O)=O. The molecular weight excluding hydrogens is 376 g/mol. The van der Waals surface area contributed by atoms with Crippen molar-refractivity contribution in [2.75, 3.05) is 51.9 Å². The molecule has 0 aliphatic carbocycles. The average molecular weight is 413 g/mol. The number of rotatable bonds is 13. The van der Waals surface area contributed by atoms with E-state index in [1.807, 2.05) is 13.0 Å². The third kappa shape index (κ3) is 11.9. The van der Waals surface area contributed by atoms with Gasteiger partial charge in [-0.15, -0.1) is 0 Å². The minimum Gasteiger partial charge on any atom is -0.379 e. The topological polar surface area (TPSA) is 83.0 Å². The van der Waals surface area contributed by atoms with Crippen LogP contribution in [0.2, 0.25) is 0 Å². The van der Waals surface area contributed by atoms with E-state index in [1.54, 1.807) is 0 Å². The zero-order chi connectivity index (χ0) is 20.8. The normalized spacial score (nSPS) is 13.5. The van der Waals surface area contributed by atoms with Gasteiger partial charge in [0.1, 0.15) is 9.84 Å². The minimum absolute atomic E-state index is 0.0511. The Labute approximate surface area is 170 Å². The highest BCUT2D eigenvalue weighted by Crippen LogP contribution is 2.08. The van der Waals surface area contributed by atoms with Crippen LogP contribution >= 0.6 is 0 Å². The van der Waals surface area contributed by atoms with Crippen molar-refractivity contribution in [1.29, 1.82) is 0 Å². The van der Waals surface area contributed by atoms with E-state index in [2.05, 4.69) is 58.8 Å². The molecule has 1 aromatic rings. The van der Waals surface area contributed by atoms with Crippen LogP contribution in [0.3, 0.4) is 0 Å². The van der Waals surface area contributed by atoms with Gasteiger partial charge in [-0.3, -0.25) is 9.89 Å². The summed E-state index contributed by atoms with van der Waals surface area (Å²) in [6, 6.07) is 10.9. The molecule has 0 radical (unpaired) electrons. The van der Waals surface area contributed by atoms with Crippen molar-refractivity contribution in [2.24, 2.45) is 4.99 Å². The fraction of sp³-hybridized carbons (Fsp3) is 0.650. The van der Waals surface area contributed by atoms with Gasteiger partial charge in [0.2, 0.25) is 0 Å². The third-order valence-corrected chi connectivity index (χ3v) is 5.23. The van der Waals surface area contributed by atoms with Gasteiger partial charge in [0, 0.05) is 38.5 Å². The Morgan fingerprint density at radius 2 is 1.93 bits per heavy atom. The maximum absolute atomic E-state index is 11.1. The first kappa shape index (κ1) is 24.4. The molecule has 1 unspecified atom stereocenters. The summed E-state index contributed by atoms with van der Waals surface area (Å²) in [5.74, 6) is 0.808. The molecule has 0 saturated heterocycles. The highest BCUT2D eigenvalue weighted by atomic mass is 32.2. The average Bonchev–Trinajstić information content (AvgIpc) is 2.64. The fourth-order valence-corrected chi connectivity index (χ4v) is 2.93. The zero-order valence-electron chi connectivity index (χ0n) is 17.6. The summed E-state index contributed by atoms with van der Waals surface area (Å²) in [5.41, 5.74) is 1.31. The van der Waals surface area contributed by atoms with Crippen LogP contribution in [0.25, 0.3) is 0 Å². The summed E-state index contributed by atoms with van der Waals surface area (Å²) in [6.07, 6.45) is 2.17. The van der Waals surface area contributed by atoms with Crippen molar-refractivity contribution in [3.8, 4) is 0 Å². The summed E-state index contributed by atoms with van der Waals surface area (Å²) in [5, 5.41) is 6.43. The molecule has 160 valence electrons. The van der Waals surface area contributed by atoms with Gasteiger partial charge in [0.05, 0.1) is 19.0 Å². The van der Waals surface area contributed by atoms with Gasteiger partial charge >= 0.3 is 0 Å². The lowest BCUT2D eigenvalue weighted by Gasteiger charge is -2.24. The molecule has 1 aromatic carbocycles. The van der Waals surface area contributed by atoms with E-state index in [-0.39, 0.29) is 12.4 Å². The van der Waals surface area contributed by atoms with Crippen LogP contribution in [-0.4, -0.2) is 77.2 Å². The van der Waals surface area contributed by atoms with Crippen LogP contribution in [0.5, 0.6) is 0 Å². The van der Waals surface area contributed by atoms with E-state index in [0.717, 1.165) is 32.0 Å². The largest absolute Gasteiger partial charge is 0.379 e. The first-order valence-corrected chi connectivity index (χ1v) is 11.9. The van der Waals surface area contributed by atoms with Crippen molar-refractivity contribution in [1.82, 2.24) is 15.5 Å². The molecule has 0 spiro atoms. The highest BCUT2D eigenvalue weighted by Gasteiger charge is 2.09. The van der Waals surface area contributed by atoms with Crippen LogP contribution in [0.15, 0.2) is 35.3 Å². The van der Waals surface area contributed by atoms with Crippen molar-refractivity contribution in [2.45, 2.75) is 32.9 Å². The standard InChI is InChI=1S/C20H36N4O3S/c1-5-21-20(23-13-14-27-15-16-28(4,25)26)22-12-11-18(2)24(3)17-19-9-7-6-8-10-19/h6-10,18H,5,11-17H2,1-4H3,(H2,21,22,23). The third-order valence-electron chi connectivity index (χ3n) is 4.33. The molecule has 1 rings (SSSR count). The molecule has 7 nitrogen and oxygen atoms in total. The lowest BCUT2D eigenvalue weighted by atomic mass is 10.1. The van der Waals surface area contributed by atoms with Crippen LogP contribution in [0.1, 0.15) is 25.8 Å². The molecule has 0 heterocycles. The maximum Gasteiger partial charge on any atom is 0.191 e. The van der Waals surface area contributed by atoms with Gasteiger partial charge in [-0.25, -0.2) is 8.42 Å². The predicted molar refractivity (Wildman–Crippen MR) is 116 cm³/mol. The molecule has 8 heteroatoms. The fourth-order valence-electron chi connectivity index (χ4n) is 2.51. The van der Waals surface area contributed by atoms with Crippen LogP contribution < -0.4 is 10.6 Å². The predicted octanol–water partition coefficient (Wildman–Crippen LogP) is 1.51. The van der Waals surface area contributed by atoms with Crippen LogP contribution in [0, 0.1) is 0 Å². The van der Waals surface area contributed by atoms with Crippen molar-refractivity contribution in [3.63, 3.8) is 0 Å². The van der Waals surface area contributed by atoms with Gasteiger partial charge in [-0.2, -0.15) is 0 Å². The molecule has 0 aliphatic heterocycles. The summed E-state index contributed by atoms with van der Waals surface area (Å²) < 4.78 is 27.4. The van der Waals surface area contributed by atoms with E-state index in [0.29, 0.717) is 19.2 Å². The summed E-state index contributed by atoms with van der Waals surface area (Å²) in [6.45, 7) is 7.92. The van der Waals surface area contributed by atoms with E-state index >= 15 is 0 Å². The molecule has 0 aromatic heterocycles. The van der Waals surface area contributed by atoms with Gasteiger partial charge < -0.3 is 15.4 Å². The van der Waals surface area contributed by atoms with E-state index in [4.69, 9.17) is 4.74 Å². The molecule has 0 saturated carbocycles. The lowest BCUT2D eigenvalue weighted by Crippen LogP contribution is -2.39.